The second-order valence-electron chi connectivity index (χ2n) is 11.1. The fourth-order valence-electron chi connectivity index (χ4n) is 6.26. The van der Waals surface area contributed by atoms with Gasteiger partial charge in [0.15, 0.2) is 0 Å². The number of rotatable bonds is 5. The van der Waals surface area contributed by atoms with E-state index in [-0.39, 0.29) is 0 Å². The van der Waals surface area contributed by atoms with Crippen LogP contribution in [0.1, 0.15) is 0 Å². The van der Waals surface area contributed by atoms with Gasteiger partial charge in [-0.2, -0.15) is 0 Å². The van der Waals surface area contributed by atoms with Crippen molar-refractivity contribution in [1.82, 2.24) is 0 Å². The first-order chi connectivity index (χ1) is 21.7. The van der Waals surface area contributed by atoms with Gasteiger partial charge in [-0.25, -0.2) is 0 Å². The van der Waals surface area contributed by atoms with Crippen molar-refractivity contribution in [3.8, 4) is 55.6 Å². The van der Waals surface area contributed by atoms with Crippen molar-refractivity contribution in [2.24, 2.45) is 0 Å². The minimum Gasteiger partial charge on any atom is -0.456 e. The first-order valence-electron chi connectivity index (χ1n) is 14.8. The van der Waals surface area contributed by atoms with Gasteiger partial charge in [0, 0.05) is 10.8 Å². The summed E-state index contributed by atoms with van der Waals surface area (Å²) in [5.41, 5.74) is 13.4. The van der Waals surface area contributed by atoms with Crippen LogP contribution < -0.4 is 0 Å². The molecule has 0 N–H and O–H groups in total. The molecule has 7 aromatic carbocycles. The molecule has 208 valence electrons. The summed E-state index contributed by atoms with van der Waals surface area (Å²) in [6, 6.07) is 57.8. The Morgan fingerprint density at radius 1 is 0.364 bits per heavy atom. The molecule has 0 spiro atoms. The van der Waals surface area contributed by atoms with Gasteiger partial charge in [-0.3, -0.25) is 0 Å². The molecule has 1 heterocycles. The largest absolute Gasteiger partial charge is 0.456 e. The van der Waals surface area contributed by atoms with E-state index in [2.05, 4.69) is 146 Å². The first kappa shape index (κ1) is 26.3. The summed E-state index contributed by atoms with van der Waals surface area (Å²) < 4.78 is 6.23. The van der Waals surface area contributed by atoms with Crippen LogP contribution in [0.3, 0.4) is 0 Å². The lowest BCUT2D eigenvalue weighted by atomic mass is 9.84. The molecule has 44 heavy (non-hydrogen) atoms. The van der Waals surface area contributed by atoms with E-state index in [4.69, 9.17) is 16.0 Å². The van der Waals surface area contributed by atoms with E-state index >= 15 is 0 Å². The minimum absolute atomic E-state index is 0.706. The summed E-state index contributed by atoms with van der Waals surface area (Å²) in [5.74, 6) is 0. The van der Waals surface area contributed by atoms with Crippen molar-refractivity contribution >= 4 is 33.5 Å². The maximum Gasteiger partial charge on any atom is 0.136 e. The zero-order chi connectivity index (χ0) is 29.5. The van der Waals surface area contributed by atoms with Gasteiger partial charge in [0.2, 0.25) is 0 Å². The van der Waals surface area contributed by atoms with E-state index in [1.165, 1.54) is 38.9 Å². The molecular formula is C42H27ClO. The van der Waals surface area contributed by atoms with Gasteiger partial charge in [-0.1, -0.05) is 133 Å². The normalized spacial score (nSPS) is 11.3. The predicted octanol–water partition coefficient (Wildman–Crippen LogP) is 12.6. The number of halogens is 1. The smallest absolute Gasteiger partial charge is 0.136 e. The van der Waals surface area contributed by atoms with Gasteiger partial charge >= 0.3 is 0 Å². The Labute approximate surface area is 261 Å². The highest BCUT2D eigenvalue weighted by molar-refractivity contribution is 6.37. The molecule has 0 radical (unpaired) electrons. The van der Waals surface area contributed by atoms with Gasteiger partial charge in [0.25, 0.3) is 0 Å². The lowest BCUT2D eigenvalue weighted by Gasteiger charge is -2.19. The second kappa shape index (κ2) is 11.0. The fourth-order valence-corrected chi connectivity index (χ4v) is 6.52. The summed E-state index contributed by atoms with van der Waals surface area (Å²) >= 11 is 6.54. The molecule has 0 saturated heterocycles. The molecule has 0 aliphatic rings. The van der Waals surface area contributed by atoms with Crippen LogP contribution in [0.15, 0.2) is 168 Å². The molecule has 2 heteroatoms. The zero-order valence-electron chi connectivity index (χ0n) is 23.9. The molecule has 0 unspecified atom stereocenters. The number of fused-ring (bicyclic) bond motifs is 3. The molecule has 0 amide bonds. The number of hydrogen-bond donors (Lipinski definition) is 0. The Hall–Kier alpha value is -5.37. The van der Waals surface area contributed by atoms with E-state index in [1.807, 2.05) is 18.2 Å². The quantitative estimate of drug-likeness (QED) is 0.197. The van der Waals surface area contributed by atoms with Gasteiger partial charge in [0.1, 0.15) is 11.2 Å². The number of hydrogen-bond acceptors (Lipinski definition) is 1. The Balaban J connectivity index is 1.36. The highest BCUT2D eigenvalue weighted by Gasteiger charge is 2.18. The summed E-state index contributed by atoms with van der Waals surface area (Å²) in [6.45, 7) is 0. The number of furan rings is 1. The Kier molecular flexibility index (Phi) is 6.59. The van der Waals surface area contributed by atoms with Gasteiger partial charge in [-0.15, -0.1) is 0 Å². The van der Waals surface area contributed by atoms with E-state index < -0.39 is 0 Å². The summed E-state index contributed by atoms with van der Waals surface area (Å²) in [5, 5.41) is 2.69. The van der Waals surface area contributed by atoms with E-state index in [0.29, 0.717) is 5.02 Å². The average molecular weight is 583 g/mol. The van der Waals surface area contributed by atoms with Crippen LogP contribution in [0.4, 0.5) is 0 Å². The minimum atomic E-state index is 0.706. The maximum atomic E-state index is 6.54. The van der Waals surface area contributed by atoms with Gasteiger partial charge in [-0.05, 0) is 98.1 Å². The van der Waals surface area contributed by atoms with Crippen LogP contribution in [0, 0.1) is 0 Å². The summed E-state index contributed by atoms with van der Waals surface area (Å²) in [6.07, 6.45) is 0. The highest BCUT2D eigenvalue weighted by Crippen LogP contribution is 2.44. The van der Waals surface area contributed by atoms with Crippen LogP contribution in [-0.4, -0.2) is 0 Å². The van der Waals surface area contributed by atoms with Crippen LogP contribution in [0.5, 0.6) is 0 Å². The van der Waals surface area contributed by atoms with E-state index in [1.54, 1.807) is 0 Å². The van der Waals surface area contributed by atoms with Gasteiger partial charge in [0.05, 0.1) is 5.02 Å². The topological polar surface area (TPSA) is 13.1 Å². The van der Waals surface area contributed by atoms with Crippen LogP contribution in [0.2, 0.25) is 5.02 Å². The van der Waals surface area contributed by atoms with Crippen molar-refractivity contribution in [3.05, 3.63) is 169 Å². The third-order valence-corrected chi connectivity index (χ3v) is 8.66. The lowest BCUT2D eigenvalue weighted by Crippen LogP contribution is -1.93. The van der Waals surface area contributed by atoms with Crippen LogP contribution >= 0.6 is 11.6 Å². The zero-order valence-corrected chi connectivity index (χ0v) is 24.6. The summed E-state index contributed by atoms with van der Waals surface area (Å²) in [4.78, 5) is 0. The first-order valence-corrected chi connectivity index (χ1v) is 15.2. The maximum absolute atomic E-state index is 6.54. The van der Waals surface area contributed by atoms with Crippen molar-refractivity contribution < 1.29 is 4.42 Å². The molecule has 0 atom stereocenters. The number of benzene rings is 7. The fraction of sp³-hybridized carbons (Fsp3) is 0. The molecule has 1 nitrogen and oxygen atoms in total. The lowest BCUT2D eigenvalue weighted by molar-refractivity contribution is 0.669. The molecule has 0 saturated carbocycles. The standard InChI is InChI=1S/C42H27ClO/c43-38-20-11-21-39-42(38)35-23-22-32(27-40(35)44-39)31-18-10-19-33(24-31)37-26-34(28-12-4-1-5-13-28)25-36(29-14-6-2-7-15-29)41(37)30-16-8-3-9-17-30/h1-27H. The van der Waals surface area contributed by atoms with Crippen molar-refractivity contribution in [3.63, 3.8) is 0 Å². The monoisotopic (exact) mass is 582 g/mol. The molecule has 0 aliphatic carbocycles. The second-order valence-corrected chi connectivity index (χ2v) is 11.5. The van der Waals surface area contributed by atoms with E-state index in [0.717, 1.165) is 38.6 Å². The van der Waals surface area contributed by atoms with Crippen molar-refractivity contribution in [2.75, 3.05) is 0 Å². The average Bonchev–Trinajstić information content (AvgIpc) is 3.48. The Bertz CT molecular complexity index is 2270. The molecule has 8 aromatic rings. The van der Waals surface area contributed by atoms with Gasteiger partial charge < -0.3 is 4.42 Å². The molecule has 8 rings (SSSR count). The predicted molar refractivity (Wildman–Crippen MR) is 186 cm³/mol. The third-order valence-electron chi connectivity index (χ3n) is 8.35. The van der Waals surface area contributed by atoms with E-state index in [9.17, 15) is 0 Å². The Morgan fingerprint density at radius 3 is 1.66 bits per heavy atom. The Morgan fingerprint density at radius 2 is 0.932 bits per heavy atom. The molecule has 1 aromatic heterocycles. The SMILES string of the molecule is Clc1cccc2oc3cc(-c4cccc(-c5cc(-c6ccccc6)cc(-c6ccccc6)c5-c5ccccc5)c4)ccc3c12. The van der Waals surface area contributed by atoms with Crippen LogP contribution in [0.25, 0.3) is 77.6 Å². The molecule has 0 bridgehead atoms. The molecular weight excluding hydrogens is 556 g/mol. The molecule has 0 fully saturated rings. The highest BCUT2D eigenvalue weighted by atomic mass is 35.5. The third kappa shape index (κ3) is 4.68. The van der Waals surface area contributed by atoms with Crippen molar-refractivity contribution in [1.29, 1.82) is 0 Å². The molecule has 0 aliphatic heterocycles. The van der Waals surface area contributed by atoms with Crippen molar-refractivity contribution in [2.45, 2.75) is 0 Å². The summed E-state index contributed by atoms with van der Waals surface area (Å²) in [7, 11) is 0. The van der Waals surface area contributed by atoms with Crippen LogP contribution in [-0.2, 0) is 0 Å².